The van der Waals surface area contributed by atoms with Crippen molar-refractivity contribution in [1.29, 1.82) is 0 Å². The van der Waals surface area contributed by atoms with Crippen LogP contribution in [0.25, 0.3) is 0 Å². The van der Waals surface area contributed by atoms with E-state index in [-0.39, 0.29) is 38.0 Å². The summed E-state index contributed by atoms with van der Waals surface area (Å²) in [4.78, 5) is 66.1. The van der Waals surface area contributed by atoms with Crippen molar-refractivity contribution in [2.45, 2.75) is 76.5 Å². The third-order valence-electron chi connectivity index (χ3n) is 5.24. The van der Waals surface area contributed by atoms with Gasteiger partial charge in [-0.3, -0.25) is 19.2 Å². The number of carbonyl (C=O) groups excluding carboxylic acids is 2. The van der Waals surface area contributed by atoms with Crippen molar-refractivity contribution in [3.05, 3.63) is 35.9 Å². The first-order chi connectivity index (χ1) is 18.1. The van der Waals surface area contributed by atoms with E-state index in [1.165, 1.54) is 0 Å². The highest BCUT2D eigenvalue weighted by Gasteiger charge is 2.24. The molecule has 0 radical (unpaired) electrons. The highest BCUT2D eigenvalue weighted by atomic mass is 16.4. The van der Waals surface area contributed by atoms with E-state index in [9.17, 15) is 28.8 Å². The van der Waals surface area contributed by atoms with Gasteiger partial charge in [-0.25, -0.2) is 9.59 Å². The highest BCUT2D eigenvalue weighted by Crippen LogP contribution is 2.06. The number of carboxylic acid groups (broad SMARTS) is 4. The molecule has 0 unspecified atom stereocenters. The summed E-state index contributed by atoms with van der Waals surface area (Å²) in [6, 6.07) is 4.72. The van der Waals surface area contributed by atoms with Crippen molar-refractivity contribution in [1.82, 2.24) is 10.6 Å². The quantitative estimate of drug-likeness (QED) is 0.132. The summed E-state index contributed by atoms with van der Waals surface area (Å²) in [7, 11) is 0. The number of carbonyl (C=O) groups is 6. The molecule has 1 aromatic carbocycles. The Morgan fingerprint density at radius 2 is 1.28 bits per heavy atom. The van der Waals surface area contributed by atoms with E-state index in [2.05, 4.69) is 10.6 Å². The van der Waals surface area contributed by atoms with E-state index >= 15 is 0 Å². The van der Waals surface area contributed by atoms with Crippen LogP contribution in [0.2, 0.25) is 0 Å². The molecule has 39 heavy (non-hydrogen) atoms. The Hall–Kier alpha value is -4.04. The molecular formula is C25H38N4O10. The van der Waals surface area contributed by atoms with Crippen LogP contribution in [-0.2, 0) is 35.2 Å². The van der Waals surface area contributed by atoms with Gasteiger partial charge in [0.25, 0.3) is 0 Å². The SMILES string of the molecule is CC(C)C[C@H](NC(=O)[C@@H](N)CCC(=O)O)C(=O)O.N[C@@H](CCC(=O)N[C@@H](Cc1ccccc1)C(=O)O)C(=O)O. The Balaban J connectivity index is 0.000000751. The van der Waals surface area contributed by atoms with Gasteiger partial charge < -0.3 is 42.5 Å². The molecule has 0 aromatic heterocycles. The molecule has 4 atom stereocenters. The van der Waals surface area contributed by atoms with Crippen molar-refractivity contribution < 1.29 is 49.2 Å². The van der Waals surface area contributed by atoms with Crippen LogP contribution < -0.4 is 22.1 Å². The molecule has 0 spiro atoms. The molecule has 14 nitrogen and oxygen atoms in total. The Morgan fingerprint density at radius 3 is 1.74 bits per heavy atom. The number of nitrogens with two attached hydrogens (primary N) is 2. The number of aliphatic carboxylic acids is 4. The fraction of sp³-hybridized carbons (Fsp3) is 0.520. The smallest absolute Gasteiger partial charge is 0.326 e. The number of hydrogen-bond donors (Lipinski definition) is 8. The third-order valence-corrected chi connectivity index (χ3v) is 5.24. The molecule has 0 bridgehead atoms. The number of carboxylic acids is 4. The van der Waals surface area contributed by atoms with Crippen molar-refractivity contribution in [2.75, 3.05) is 0 Å². The standard InChI is InChI=1S/C14H18N2O5.C11H20N2O5/c15-10(13(18)19)6-7-12(17)16-11(14(20)21)8-9-4-2-1-3-5-9;1-6(2)5-8(11(17)18)13-10(16)7(12)3-4-9(14)15/h1-5,10-11H,6-8,15H2,(H,16,17)(H,18,19)(H,20,21);6-8H,3-5,12H2,1-2H3,(H,13,16)(H,14,15)(H,17,18)/t10-,11-;7-,8-/m00/s1. The van der Waals surface area contributed by atoms with Gasteiger partial charge in [-0.1, -0.05) is 44.2 Å². The number of rotatable bonds is 16. The summed E-state index contributed by atoms with van der Waals surface area (Å²) < 4.78 is 0. The summed E-state index contributed by atoms with van der Waals surface area (Å²) in [6.07, 6.45) is 0.0379. The average Bonchev–Trinajstić information content (AvgIpc) is 2.85. The molecule has 0 aliphatic rings. The summed E-state index contributed by atoms with van der Waals surface area (Å²) in [5.41, 5.74) is 11.5. The maximum atomic E-state index is 11.7. The van der Waals surface area contributed by atoms with Gasteiger partial charge in [-0.15, -0.1) is 0 Å². The number of hydrogen-bond acceptors (Lipinski definition) is 8. The molecule has 0 fully saturated rings. The normalized spacial score (nSPS) is 13.6. The second kappa shape index (κ2) is 18.3. The minimum Gasteiger partial charge on any atom is -0.481 e. The summed E-state index contributed by atoms with van der Waals surface area (Å²) in [5, 5.41) is 39.8. The lowest BCUT2D eigenvalue weighted by atomic mass is 10.0. The largest absolute Gasteiger partial charge is 0.481 e. The van der Waals surface area contributed by atoms with E-state index in [0.29, 0.717) is 6.42 Å². The summed E-state index contributed by atoms with van der Waals surface area (Å²) in [6.45, 7) is 3.68. The average molecular weight is 555 g/mol. The van der Waals surface area contributed by atoms with Crippen LogP contribution in [0.15, 0.2) is 30.3 Å². The molecule has 14 heteroatoms. The Bertz CT molecular complexity index is 971. The fourth-order valence-electron chi connectivity index (χ4n) is 3.11. The number of benzene rings is 1. The van der Waals surface area contributed by atoms with Crippen LogP contribution in [0.1, 0.15) is 51.5 Å². The predicted molar refractivity (Wildman–Crippen MR) is 138 cm³/mol. The van der Waals surface area contributed by atoms with Crippen molar-refractivity contribution in [2.24, 2.45) is 17.4 Å². The molecule has 0 aliphatic heterocycles. The first kappa shape index (κ1) is 35.0. The molecule has 0 aliphatic carbocycles. The lowest BCUT2D eigenvalue weighted by Gasteiger charge is -2.18. The molecule has 10 N–H and O–H groups in total. The molecule has 218 valence electrons. The predicted octanol–water partition coefficient (Wildman–Crippen LogP) is -0.215. The minimum atomic E-state index is -1.19. The second-order valence-electron chi connectivity index (χ2n) is 9.20. The lowest BCUT2D eigenvalue weighted by molar-refractivity contribution is -0.143. The monoisotopic (exact) mass is 554 g/mol. The van der Waals surface area contributed by atoms with Crippen LogP contribution in [0, 0.1) is 5.92 Å². The number of nitrogens with one attached hydrogen (secondary N) is 2. The maximum Gasteiger partial charge on any atom is 0.326 e. The van der Waals surface area contributed by atoms with Gasteiger partial charge in [0.2, 0.25) is 11.8 Å². The Kier molecular flexibility index (Phi) is 16.4. The van der Waals surface area contributed by atoms with Crippen LogP contribution >= 0.6 is 0 Å². The zero-order valence-corrected chi connectivity index (χ0v) is 21.9. The van der Waals surface area contributed by atoms with Gasteiger partial charge in [0, 0.05) is 19.3 Å². The van der Waals surface area contributed by atoms with E-state index in [1.54, 1.807) is 24.3 Å². The van der Waals surface area contributed by atoms with Crippen LogP contribution in [0.3, 0.4) is 0 Å². The zero-order valence-electron chi connectivity index (χ0n) is 21.9. The van der Waals surface area contributed by atoms with Gasteiger partial charge in [-0.2, -0.15) is 0 Å². The molecule has 0 heterocycles. The molecule has 2 amide bonds. The lowest BCUT2D eigenvalue weighted by Crippen LogP contribution is -2.49. The zero-order chi connectivity index (χ0) is 30.1. The summed E-state index contributed by atoms with van der Waals surface area (Å²) >= 11 is 0. The third kappa shape index (κ3) is 16.4. The second-order valence-corrected chi connectivity index (χ2v) is 9.20. The molecule has 0 saturated heterocycles. The van der Waals surface area contributed by atoms with Crippen molar-refractivity contribution >= 4 is 35.7 Å². The van der Waals surface area contributed by atoms with Gasteiger partial charge in [-0.05, 0) is 30.7 Å². The van der Waals surface area contributed by atoms with Gasteiger partial charge >= 0.3 is 23.9 Å². The van der Waals surface area contributed by atoms with E-state index in [1.807, 2.05) is 19.9 Å². The maximum absolute atomic E-state index is 11.7. The topological polar surface area (TPSA) is 259 Å². The van der Waals surface area contributed by atoms with Crippen LogP contribution in [0.5, 0.6) is 0 Å². The molecular weight excluding hydrogens is 516 g/mol. The van der Waals surface area contributed by atoms with Crippen molar-refractivity contribution in [3.63, 3.8) is 0 Å². The number of amides is 2. The van der Waals surface area contributed by atoms with E-state index < -0.39 is 59.9 Å². The highest BCUT2D eigenvalue weighted by molar-refractivity contribution is 5.87. The van der Waals surface area contributed by atoms with Gasteiger partial charge in [0.15, 0.2) is 0 Å². The molecule has 0 saturated carbocycles. The molecule has 1 aromatic rings. The molecule has 1 rings (SSSR count). The van der Waals surface area contributed by atoms with Gasteiger partial charge in [0.1, 0.15) is 18.1 Å². The summed E-state index contributed by atoms with van der Waals surface area (Å²) in [5.74, 6) is -5.56. The van der Waals surface area contributed by atoms with E-state index in [4.69, 9.17) is 31.9 Å². The Labute approximate surface area is 225 Å². The minimum absolute atomic E-state index is 0.0187. The van der Waals surface area contributed by atoms with Crippen LogP contribution in [-0.4, -0.2) is 80.3 Å². The van der Waals surface area contributed by atoms with E-state index in [0.717, 1.165) is 5.56 Å². The van der Waals surface area contributed by atoms with Crippen LogP contribution in [0.4, 0.5) is 0 Å². The first-order valence-electron chi connectivity index (χ1n) is 12.2. The first-order valence-corrected chi connectivity index (χ1v) is 12.2. The van der Waals surface area contributed by atoms with Crippen molar-refractivity contribution in [3.8, 4) is 0 Å². The Morgan fingerprint density at radius 1 is 0.744 bits per heavy atom. The fourth-order valence-corrected chi connectivity index (χ4v) is 3.11. The van der Waals surface area contributed by atoms with Gasteiger partial charge in [0.05, 0.1) is 6.04 Å².